The lowest BCUT2D eigenvalue weighted by molar-refractivity contribution is 0.320. The van der Waals surface area contributed by atoms with E-state index in [0.717, 1.165) is 5.92 Å². The van der Waals surface area contributed by atoms with E-state index in [1.54, 1.807) is 0 Å². The molecule has 0 amide bonds. The van der Waals surface area contributed by atoms with Crippen LogP contribution in [0.3, 0.4) is 0 Å². The topological polar surface area (TPSA) is 29.3 Å². The number of rotatable bonds is 2. The van der Waals surface area contributed by atoms with E-state index in [0.29, 0.717) is 12.1 Å². The Bertz CT molecular complexity index is 415. The average molecular weight is 244 g/mol. The van der Waals surface area contributed by atoms with Gasteiger partial charge in [-0.25, -0.2) is 0 Å². The smallest absolute Gasteiger partial charge is 0.0402 e. The molecule has 1 aliphatic heterocycles. The highest BCUT2D eigenvalue weighted by molar-refractivity contribution is 5.59. The Morgan fingerprint density at radius 3 is 2.94 bits per heavy atom. The van der Waals surface area contributed by atoms with Crippen molar-refractivity contribution in [2.75, 3.05) is 11.4 Å². The summed E-state index contributed by atoms with van der Waals surface area (Å²) in [7, 11) is 0. The number of anilines is 1. The van der Waals surface area contributed by atoms with Crippen molar-refractivity contribution in [3.05, 3.63) is 29.8 Å². The zero-order chi connectivity index (χ0) is 12.5. The van der Waals surface area contributed by atoms with Crippen LogP contribution in [0.1, 0.15) is 38.2 Å². The van der Waals surface area contributed by atoms with Gasteiger partial charge in [0.15, 0.2) is 0 Å². The van der Waals surface area contributed by atoms with Gasteiger partial charge in [-0.1, -0.05) is 24.6 Å². The summed E-state index contributed by atoms with van der Waals surface area (Å²) < 4.78 is 0. The zero-order valence-electron chi connectivity index (χ0n) is 11.3. The minimum Gasteiger partial charge on any atom is -0.368 e. The van der Waals surface area contributed by atoms with E-state index < -0.39 is 0 Å². The van der Waals surface area contributed by atoms with Crippen LogP contribution >= 0.6 is 0 Å². The van der Waals surface area contributed by atoms with Crippen LogP contribution in [0.15, 0.2) is 24.3 Å². The third-order valence-electron chi connectivity index (χ3n) is 4.63. The summed E-state index contributed by atoms with van der Waals surface area (Å²) in [5.41, 5.74) is 9.09. The summed E-state index contributed by atoms with van der Waals surface area (Å²) in [6, 6.07) is 9.97. The van der Waals surface area contributed by atoms with Gasteiger partial charge in [0.05, 0.1) is 0 Å². The number of benzene rings is 1. The van der Waals surface area contributed by atoms with Crippen LogP contribution in [-0.4, -0.2) is 18.6 Å². The van der Waals surface area contributed by atoms with E-state index >= 15 is 0 Å². The second kappa shape index (κ2) is 4.93. The van der Waals surface area contributed by atoms with Crippen molar-refractivity contribution in [1.82, 2.24) is 0 Å². The SMILES string of the molecule is CC1Cc2ccccc2N1CC1CCCC(N)C1. The Morgan fingerprint density at radius 2 is 2.11 bits per heavy atom. The third-order valence-corrected chi connectivity index (χ3v) is 4.63. The third kappa shape index (κ3) is 2.26. The Kier molecular flexibility index (Phi) is 3.29. The Balaban J connectivity index is 1.72. The van der Waals surface area contributed by atoms with Crippen LogP contribution in [0.5, 0.6) is 0 Å². The molecular formula is C16H24N2. The molecule has 2 aliphatic rings. The van der Waals surface area contributed by atoms with Gasteiger partial charge in [0, 0.05) is 24.3 Å². The summed E-state index contributed by atoms with van der Waals surface area (Å²) in [6.45, 7) is 3.55. The number of nitrogens with two attached hydrogens (primary N) is 1. The molecule has 0 bridgehead atoms. The number of para-hydroxylation sites is 1. The Labute approximate surface area is 110 Å². The molecule has 3 rings (SSSR count). The molecule has 3 unspecified atom stereocenters. The molecule has 1 heterocycles. The van der Waals surface area contributed by atoms with Gasteiger partial charge >= 0.3 is 0 Å². The first-order chi connectivity index (χ1) is 8.74. The van der Waals surface area contributed by atoms with Gasteiger partial charge in [0.25, 0.3) is 0 Å². The lowest BCUT2D eigenvalue weighted by Gasteiger charge is -2.33. The van der Waals surface area contributed by atoms with Crippen molar-refractivity contribution >= 4 is 5.69 Å². The molecule has 98 valence electrons. The second-order valence-electron chi connectivity index (χ2n) is 6.13. The fourth-order valence-electron chi connectivity index (χ4n) is 3.68. The van der Waals surface area contributed by atoms with Gasteiger partial charge in [-0.15, -0.1) is 0 Å². The van der Waals surface area contributed by atoms with Gasteiger partial charge in [0.2, 0.25) is 0 Å². The van der Waals surface area contributed by atoms with Crippen molar-refractivity contribution in [2.24, 2.45) is 11.7 Å². The molecule has 0 aromatic heterocycles. The van der Waals surface area contributed by atoms with Gasteiger partial charge in [-0.05, 0) is 50.2 Å². The number of fused-ring (bicyclic) bond motifs is 1. The number of hydrogen-bond donors (Lipinski definition) is 1. The van der Waals surface area contributed by atoms with E-state index in [1.807, 2.05) is 0 Å². The lowest BCUT2D eigenvalue weighted by atomic mass is 9.85. The normalized spacial score (nSPS) is 31.4. The Hall–Kier alpha value is -1.02. The largest absolute Gasteiger partial charge is 0.368 e. The first-order valence-electron chi connectivity index (χ1n) is 7.34. The fraction of sp³-hybridized carbons (Fsp3) is 0.625. The average Bonchev–Trinajstić information content (AvgIpc) is 2.66. The highest BCUT2D eigenvalue weighted by Gasteiger charge is 2.29. The molecule has 1 aromatic carbocycles. The summed E-state index contributed by atoms with van der Waals surface area (Å²) in [5.74, 6) is 0.794. The van der Waals surface area contributed by atoms with Crippen LogP contribution in [-0.2, 0) is 6.42 Å². The van der Waals surface area contributed by atoms with Gasteiger partial charge in [0.1, 0.15) is 0 Å². The van der Waals surface area contributed by atoms with Crippen LogP contribution in [0.4, 0.5) is 5.69 Å². The van der Waals surface area contributed by atoms with E-state index in [1.165, 1.54) is 49.9 Å². The first kappa shape index (κ1) is 12.0. The van der Waals surface area contributed by atoms with Crippen molar-refractivity contribution < 1.29 is 0 Å². The molecule has 3 atom stereocenters. The highest BCUT2D eigenvalue weighted by atomic mass is 15.2. The predicted octanol–water partition coefficient (Wildman–Crippen LogP) is 2.96. The molecule has 2 N–H and O–H groups in total. The van der Waals surface area contributed by atoms with Crippen molar-refractivity contribution in [3.63, 3.8) is 0 Å². The minimum atomic E-state index is 0.442. The summed E-state index contributed by atoms with van der Waals surface area (Å²) in [5, 5.41) is 0. The summed E-state index contributed by atoms with van der Waals surface area (Å²) in [4.78, 5) is 2.61. The second-order valence-corrected chi connectivity index (χ2v) is 6.13. The van der Waals surface area contributed by atoms with Crippen molar-refractivity contribution in [3.8, 4) is 0 Å². The van der Waals surface area contributed by atoms with E-state index in [4.69, 9.17) is 5.73 Å². The number of hydrogen-bond acceptors (Lipinski definition) is 2. The number of nitrogens with zero attached hydrogens (tertiary/aromatic N) is 1. The minimum absolute atomic E-state index is 0.442. The molecule has 2 heteroatoms. The van der Waals surface area contributed by atoms with Crippen molar-refractivity contribution in [1.29, 1.82) is 0 Å². The van der Waals surface area contributed by atoms with Gasteiger partial charge in [-0.3, -0.25) is 0 Å². The zero-order valence-corrected chi connectivity index (χ0v) is 11.3. The molecule has 1 fully saturated rings. The Morgan fingerprint density at radius 1 is 1.28 bits per heavy atom. The quantitative estimate of drug-likeness (QED) is 0.866. The lowest BCUT2D eigenvalue weighted by Crippen LogP contribution is -2.38. The van der Waals surface area contributed by atoms with Crippen LogP contribution in [0.2, 0.25) is 0 Å². The fourth-order valence-corrected chi connectivity index (χ4v) is 3.68. The van der Waals surface area contributed by atoms with Crippen molar-refractivity contribution in [2.45, 2.75) is 51.1 Å². The summed E-state index contributed by atoms with van der Waals surface area (Å²) >= 11 is 0. The molecule has 0 radical (unpaired) electrons. The van der Waals surface area contributed by atoms with Gasteiger partial charge < -0.3 is 10.6 Å². The summed E-state index contributed by atoms with van der Waals surface area (Å²) in [6.07, 6.45) is 6.32. The molecule has 1 saturated carbocycles. The van der Waals surface area contributed by atoms with Crippen LogP contribution in [0, 0.1) is 5.92 Å². The molecule has 1 aliphatic carbocycles. The van der Waals surface area contributed by atoms with Crippen LogP contribution in [0.25, 0.3) is 0 Å². The molecule has 18 heavy (non-hydrogen) atoms. The van der Waals surface area contributed by atoms with E-state index in [2.05, 4.69) is 36.1 Å². The monoisotopic (exact) mass is 244 g/mol. The maximum Gasteiger partial charge on any atom is 0.0402 e. The maximum absolute atomic E-state index is 6.11. The molecule has 0 saturated heterocycles. The van der Waals surface area contributed by atoms with Gasteiger partial charge in [-0.2, -0.15) is 0 Å². The molecular weight excluding hydrogens is 220 g/mol. The molecule has 2 nitrogen and oxygen atoms in total. The molecule has 1 aromatic rings. The van der Waals surface area contributed by atoms with E-state index in [-0.39, 0.29) is 0 Å². The first-order valence-corrected chi connectivity index (χ1v) is 7.34. The van der Waals surface area contributed by atoms with E-state index in [9.17, 15) is 0 Å². The standard InChI is InChI=1S/C16H24N2/c1-12-9-14-6-2-3-8-16(14)18(12)11-13-5-4-7-15(17)10-13/h2-3,6,8,12-13,15H,4-5,7,9-11,17H2,1H3. The molecule has 0 spiro atoms. The predicted molar refractivity (Wildman–Crippen MR) is 76.9 cm³/mol. The maximum atomic E-state index is 6.11. The van der Waals surface area contributed by atoms with Crippen LogP contribution < -0.4 is 10.6 Å². The highest BCUT2D eigenvalue weighted by Crippen LogP contribution is 2.34.